The molecule has 1 aliphatic carbocycles. The van der Waals surface area contributed by atoms with E-state index in [4.69, 9.17) is 11.6 Å². The molecule has 0 N–H and O–H groups in total. The van der Waals surface area contributed by atoms with Crippen LogP contribution < -0.4 is 9.64 Å². The topological polar surface area (TPSA) is 55.3 Å². The zero-order valence-electron chi connectivity index (χ0n) is 18.1. The van der Waals surface area contributed by atoms with E-state index in [0.717, 1.165) is 17.3 Å². The summed E-state index contributed by atoms with van der Waals surface area (Å²) in [5, 5.41) is -0.164. The molecule has 1 heterocycles. The largest absolute Gasteiger partial charge is 0.487 e. The van der Waals surface area contributed by atoms with Crippen LogP contribution in [0.15, 0.2) is 53.7 Å². The van der Waals surface area contributed by atoms with Gasteiger partial charge in [0.1, 0.15) is 5.75 Å². The Labute approximate surface area is 206 Å². The lowest BCUT2D eigenvalue weighted by molar-refractivity contribution is -0.142. The predicted molar refractivity (Wildman–Crippen MR) is 122 cm³/mol. The molecule has 0 fully saturated rings. The van der Waals surface area contributed by atoms with Crippen LogP contribution >= 0.6 is 23.4 Å². The summed E-state index contributed by atoms with van der Waals surface area (Å²) in [5.74, 6) is -0.903. The van der Waals surface area contributed by atoms with Crippen LogP contribution in [0.4, 0.5) is 27.6 Å². The number of rotatable bonds is 6. The average Bonchev–Trinajstić information content (AvgIpc) is 2.80. The van der Waals surface area contributed by atoms with Gasteiger partial charge in [-0.2, -0.15) is 13.2 Å². The molecule has 2 aromatic carbocycles. The SMILES string of the molecule is CN(C(=O)CSc1nc2c(c(C(F)(F)F)n1)CCc1ccccc1-2)c1ccc(OC(F)(F)Cl)cc1. The maximum Gasteiger partial charge on any atom is 0.487 e. The van der Waals surface area contributed by atoms with E-state index in [1.165, 1.54) is 36.2 Å². The number of carbonyl (C=O) groups excluding carboxylic acids is 1. The molecule has 0 atom stereocenters. The van der Waals surface area contributed by atoms with Crippen molar-refractivity contribution in [3.63, 3.8) is 0 Å². The third-order valence-electron chi connectivity index (χ3n) is 5.33. The van der Waals surface area contributed by atoms with Gasteiger partial charge in [0.05, 0.1) is 11.4 Å². The van der Waals surface area contributed by atoms with Gasteiger partial charge in [0.2, 0.25) is 5.91 Å². The van der Waals surface area contributed by atoms with Crippen molar-refractivity contribution >= 4 is 35.0 Å². The third kappa shape index (κ3) is 5.84. The molecule has 184 valence electrons. The van der Waals surface area contributed by atoms with E-state index in [1.54, 1.807) is 12.1 Å². The number of halogens is 6. The van der Waals surface area contributed by atoms with E-state index < -0.39 is 23.3 Å². The van der Waals surface area contributed by atoms with Crippen LogP contribution in [-0.4, -0.2) is 34.2 Å². The first kappa shape index (κ1) is 25.2. The Hall–Kier alpha value is -2.92. The second-order valence-electron chi connectivity index (χ2n) is 7.62. The van der Waals surface area contributed by atoms with Gasteiger partial charge in [0, 0.05) is 35.5 Å². The number of carbonyl (C=O) groups is 1. The molecule has 0 radical (unpaired) electrons. The lowest BCUT2D eigenvalue weighted by atomic mass is 9.88. The van der Waals surface area contributed by atoms with Gasteiger partial charge in [0.25, 0.3) is 0 Å². The van der Waals surface area contributed by atoms with Crippen molar-refractivity contribution in [2.75, 3.05) is 17.7 Å². The summed E-state index contributed by atoms with van der Waals surface area (Å²) in [7, 11) is 1.44. The van der Waals surface area contributed by atoms with E-state index in [2.05, 4.69) is 14.7 Å². The molecular weight excluding hydrogens is 513 g/mol. The third-order valence-corrected chi connectivity index (χ3v) is 6.24. The van der Waals surface area contributed by atoms with Gasteiger partial charge in [-0.05, 0) is 42.7 Å². The smallest absolute Gasteiger partial charge is 0.420 e. The first-order valence-corrected chi connectivity index (χ1v) is 11.6. The second kappa shape index (κ2) is 9.62. The number of amides is 1. The Kier molecular flexibility index (Phi) is 6.92. The van der Waals surface area contributed by atoms with E-state index in [-0.39, 0.29) is 34.3 Å². The number of fused-ring (bicyclic) bond motifs is 3. The highest BCUT2D eigenvalue weighted by Gasteiger charge is 2.39. The summed E-state index contributed by atoms with van der Waals surface area (Å²) in [6, 6.07) is 12.3. The maximum atomic E-state index is 13.8. The molecule has 4 rings (SSSR count). The number of aromatic nitrogens is 2. The highest BCUT2D eigenvalue weighted by Crippen LogP contribution is 2.40. The summed E-state index contributed by atoms with van der Waals surface area (Å²) in [6.45, 7) is 0. The van der Waals surface area contributed by atoms with Crippen LogP contribution in [0.25, 0.3) is 11.3 Å². The van der Waals surface area contributed by atoms with E-state index in [1.807, 2.05) is 12.1 Å². The summed E-state index contributed by atoms with van der Waals surface area (Å²) in [5.41, 5.74) is -2.71. The van der Waals surface area contributed by atoms with Crippen LogP contribution in [0.1, 0.15) is 16.8 Å². The summed E-state index contributed by atoms with van der Waals surface area (Å²) >= 11 is 5.51. The fourth-order valence-corrected chi connectivity index (χ4v) is 4.54. The quantitative estimate of drug-likeness (QED) is 0.165. The lowest BCUT2D eigenvalue weighted by Gasteiger charge is -2.23. The maximum absolute atomic E-state index is 13.8. The predicted octanol–water partition coefficient (Wildman–Crippen LogP) is 6.18. The number of alkyl halides is 6. The number of nitrogens with zero attached hydrogens (tertiary/aromatic N) is 3. The monoisotopic (exact) mass is 529 g/mol. The van der Waals surface area contributed by atoms with Crippen molar-refractivity contribution < 1.29 is 31.5 Å². The summed E-state index contributed by atoms with van der Waals surface area (Å²) in [4.78, 5) is 22.0. The molecule has 12 heteroatoms. The number of anilines is 1. The molecular formula is C23H17ClF5N3O2S. The van der Waals surface area contributed by atoms with Crippen LogP contribution in [0.2, 0.25) is 0 Å². The van der Waals surface area contributed by atoms with Gasteiger partial charge < -0.3 is 9.64 Å². The van der Waals surface area contributed by atoms with Crippen LogP contribution in [0, 0.1) is 0 Å². The lowest BCUT2D eigenvalue weighted by Crippen LogP contribution is -2.28. The van der Waals surface area contributed by atoms with E-state index >= 15 is 0 Å². The number of ether oxygens (including phenoxy) is 1. The number of benzene rings is 2. The molecule has 1 amide bonds. The van der Waals surface area contributed by atoms with Crippen LogP contribution in [0.3, 0.4) is 0 Å². The van der Waals surface area contributed by atoms with Crippen molar-refractivity contribution in [1.29, 1.82) is 0 Å². The van der Waals surface area contributed by atoms with E-state index in [9.17, 15) is 26.7 Å². The van der Waals surface area contributed by atoms with Gasteiger partial charge in [-0.1, -0.05) is 36.0 Å². The molecule has 3 aromatic rings. The van der Waals surface area contributed by atoms with Crippen molar-refractivity contribution in [2.45, 2.75) is 29.7 Å². The Balaban J connectivity index is 1.53. The molecule has 0 saturated carbocycles. The molecule has 0 bridgehead atoms. The number of thioether (sulfide) groups is 1. The molecule has 1 aromatic heterocycles. The molecule has 0 aliphatic heterocycles. The van der Waals surface area contributed by atoms with Crippen molar-refractivity contribution in [3.05, 3.63) is 65.4 Å². The van der Waals surface area contributed by atoms with Crippen molar-refractivity contribution in [1.82, 2.24) is 9.97 Å². The van der Waals surface area contributed by atoms with Crippen LogP contribution in [-0.2, 0) is 23.8 Å². The Morgan fingerprint density at radius 2 is 1.74 bits per heavy atom. The first-order chi connectivity index (χ1) is 16.4. The van der Waals surface area contributed by atoms with Gasteiger partial charge in [-0.15, -0.1) is 8.78 Å². The minimum absolute atomic E-state index is 0.0498. The molecule has 0 saturated heterocycles. The minimum Gasteiger partial charge on any atom is -0.420 e. The zero-order valence-corrected chi connectivity index (χ0v) is 19.6. The fourth-order valence-electron chi connectivity index (χ4n) is 3.69. The molecule has 0 spiro atoms. The van der Waals surface area contributed by atoms with Gasteiger partial charge in [-0.3, -0.25) is 4.79 Å². The molecule has 1 aliphatic rings. The number of hydrogen-bond donors (Lipinski definition) is 0. The molecule has 0 unspecified atom stereocenters. The number of aryl methyl sites for hydroxylation is 1. The van der Waals surface area contributed by atoms with Gasteiger partial charge in [-0.25, -0.2) is 9.97 Å². The standard InChI is InChI=1S/C23H17ClF5N3O2S/c1-32(14-7-9-15(10-8-14)34-23(24,28)29)18(33)12-35-21-30-19-16-5-3-2-4-13(16)6-11-17(19)20(31-21)22(25,26)27/h2-5,7-10H,6,11-12H2,1H3. The van der Waals surface area contributed by atoms with Crippen molar-refractivity contribution in [2.24, 2.45) is 0 Å². The minimum atomic E-state index is -4.67. The Bertz CT molecular complexity index is 1250. The summed E-state index contributed by atoms with van der Waals surface area (Å²) < 4.78 is 71.0. The Morgan fingerprint density at radius 3 is 2.40 bits per heavy atom. The van der Waals surface area contributed by atoms with Gasteiger partial charge >= 0.3 is 11.7 Å². The highest BCUT2D eigenvalue weighted by molar-refractivity contribution is 7.99. The zero-order chi connectivity index (χ0) is 25.4. The Morgan fingerprint density at radius 1 is 1.06 bits per heavy atom. The van der Waals surface area contributed by atoms with Gasteiger partial charge in [0.15, 0.2) is 10.9 Å². The number of hydrogen-bond acceptors (Lipinski definition) is 5. The first-order valence-electron chi connectivity index (χ1n) is 10.2. The normalized spacial score (nSPS) is 13.1. The van der Waals surface area contributed by atoms with Crippen molar-refractivity contribution in [3.8, 4) is 17.0 Å². The van der Waals surface area contributed by atoms with Crippen LogP contribution in [0.5, 0.6) is 5.75 Å². The fraction of sp³-hybridized carbons (Fsp3) is 0.261. The molecule has 5 nitrogen and oxygen atoms in total. The summed E-state index contributed by atoms with van der Waals surface area (Å²) in [6.07, 6.45) is -4.04. The average molecular weight is 530 g/mol. The second-order valence-corrected chi connectivity index (χ2v) is 9.00. The highest BCUT2D eigenvalue weighted by atomic mass is 35.5. The molecule has 35 heavy (non-hydrogen) atoms. The van der Waals surface area contributed by atoms with E-state index in [0.29, 0.717) is 17.7 Å².